The van der Waals surface area contributed by atoms with E-state index in [1.165, 1.54) is 14.1 Å². The van der Waals surface area contributed by atoms with Crippen LogP contribution in [0.5, 0.6) is 0 Å². The Morgan fingerprint density at radius 1 is 1.19 bits per heavy atom. The highest BCUT2D eigenvalue weighted by Crippen LogP contribution is 2.15. The number of rotatable bonds is 2. The van der Waals surface area contributed by atoms with Gasteiger partial charge in [-0.15, -0.1) is 0 Å². The number of nitrogens with one attached hydrogen (secondary N) is 1. The molecule has 0 bridgehead atoms. The van der Waals surface area contributed by atoms with E-state index >= 15 is 0 Å². The van der Waals surface area contributed by atoms with E-state index in [9.17, 15) is 19.2 Å². The molecule has 5 amide bonds. The van der Waals surface area contributed by atoms with Gasteiger partial charge in [-0.1, -0.05) is 0 Å². The molecule has 1 aliphatic rings. The maximum Gasteiger partial charge on any atom is 0.332 e. The van der Waals surface area contributed by atoms with Crippen molar-refractivity contribution in [3.05, 3.63) is 0 Å². The normalized spacial score (nSPS) is 18.1. The lowest BCUT2D eigenvalue weighted by Gasteiger charge is -2.31. The van der Waals surface area contributed by atoms with Gasteiger partial charge in [-0.25, -0.2) is 4.79 Å². The van der Waals surface area contributed by atoms with Crippen LogP contribution < -0.4 is 5.32 Å². The van der Waals surface area contributed by atoms with Gasteiger partial charge in [0.15, 0.2) is 5.92 Å². The molecule has 0 atom stereocenters. The lowest BCUT2D eigenvalue weighted by molar-refractivity contribution is -0.152. The molecule has 0 saturated carbocycles. The van der Waals surface area contributed by atoms with Gasteiger partial charge in [-0.05, 0) is 6.92 Å². The van der Waals surface area contributed by atoms with E-state index in [0.717, 1.165) is 9.80 Å². The highest BCUT2D eigenvalue weighted by Gasteiger charge is 2.46. The molecule has 1 N–H and O–H groups in total. The first-order chi connectivity index (χ1) is 7.41. The van der Waals surface area contributed by atoms with Gasteiger partial charge in [0.2, 0.25) is 5.91 Å². The van der Waals surface area contributed by atoms with Gasteiger partial charge in [0.1, 0.15) is 0 Å². The van der Waals surface area contributed by atoms with Crippen LogP contribution in [0.15, 0.2) is 0 Å². The smallest absolute Gasteiger partial charge is 0.332 e. The Labute approximate surface area is 92.4 Å². The monoisotopic (exact) mass is 227 g/mol. The van der Waals surface area contributed by atoms with Crippen molar-refractivity contribution >= 4 is 23.8 Å². The van der Waals surface area contributed by atoms with E-state index in [1.807, 2.05) is 0 Å². The van der Waals surface area contributed by atoms with Crippen LogP contribution in [-0.2, 0) is 14.4 Å². The van der Waals surface area contributed by atoms with Crippen LogP contribution in [0.3, 0.4) is 0 Å². The molecule has 1 aliphatic heterocycles. The fraction of sp³-hybridized carbons (Fsp3) is 0.556. The maximum absolute atomic E-state index is 11.6. The lowest BCUT2D eigenvalue weighted by Crippen LogP contribution is -2.60. The van der Waals surface area contributed by atoms with Crippen molar-refractivity contribution in [1.82, 2.24) is 15.1 Å². The Hall–Kier alpha value is -1.92. The lowest BCUT2D eigenvalue weighted by atomic mass is 10.0. The number of imide groups is 2. The topological polar surface area (TPSA) is 86.8 Å². The number of nitrogens with zero attached hydrogens (tertiary/aromatic N) is 2. The van der Waals surface area contributed by atoms with Crippen molar-refractivity contribution in [1.29, 1.82) is 0 Å². The van der Waals surface area contributed by atoms with Gasteiger partial charge < -0.3 is 5.32 Å². The Bertz CT molecular complexity index is 342. The van der Waals surface area contributed by atoms with Crippen LogP contribution in [0.2, 0.25) is 0 Å². The molecule has 1 heterocycles. The molecule has 7 heteroatoms. The van der Waals surface area contributed by atoms with E-state index in [0.29, 0.717) is 6.54 Å². The van der Waals surface area contributed by atoms with Crippen LogP contribution in [0.25, 0.3) is 0 Å². The van der Waals surface area contributed by atoms with Crippen LogP contribution in [0, 0.1) is 5.92 Å². The molecule has 0 aromatic heterocycles. The zero-order valence-electron chi connectivity index (χ0n) is 9.31. The second kappa shape index (κ2) is 4.30. The second-order valence-electron chi connectivity index (χ2n) is 3.40. The minimum atomic E-state index is -1.45. The SMILES string of the molecule is CCNC(=O)C1C(=O)N(C)C(=O)N(C)C1=O. The molecule has 0 unspecified atom stereocenters. The van der Waals surface area contributed by atoms with Gasteiger partial charge in [0.05, 0.1) is 0 Å². The third-order valence-electron chi connectivity index (χ3n) is 2.34. The molecule has 88 valence electrons. The van der Waals surface area contributed by atoms with Gasteiger partial charge in [-0.2, -0.15) is 0 Å². The Kier molecular flexibility index (Phi) is 3.26. The predicted molar refractivity (Wildman–Crippen MR) is 53.1 cm³/mol. The summed E-state index contributed by atoms with van der Waals surface area (Å²) in [4.78, 5) is 47.6. The van der Waals surface area contributed by atoms with Crippen molar-refractivity contribution in [2.75, 3.05) is 20.6 Å². The fourth-order valence-electron chi connectivity index (χ4n) is 1.41. The van der Waals surface area contributed by atoms with Crippen LogP contribution in [-0.4, -0.2) is 54.2 Å². The number of carbonyl (C=O) groups is 4. The summed E-state index contributed by atoms with van der Waals surface area (Å²) in [7, 11) is 2.47. The summed E-state index contributed by atoms with van der Waals surface area (Å²) in [6, 6.07) is -0.726. The quantitative estimate of drug-likeness (QED) is 0.599. The predicted octanol–water partition coefficient (Wildman–Crippen LogP) is -1.21. The number of hydrogen-bond acceptors (Lipinski definition) is 4. The highest BCUT2D eigenvalue weighted by atomic mass is 16.2. The summed E-state index contributed by atoms with van der Waals surface area (Å²) in [5.41, 5.74) is 0. The molecule has 0 radical (unpaired) electrons. The van der Waals surface area contributed by atoms with Gasteiger partial charge >= 0.3 is 6.03 Å². The fourth-order valence-corrected chi connectivity index (χ4v) is 1.41. The summed E-state index contributed by atoms with van der Waals surface area (Å²) in [6.07, 6.45) is 0. The Balaban J connectivity index is 3.00. The maximum atomic E-state index is 11.6. The number of carbonyl (C=O) groups excluding carboxylic acids is 4. The molecule has 1 fully saturated rings. The highest BCUT2D eigenvalue weighted by molar-refractivity contribution is 6.25. The first kappa shape index (κ1) is 12.2. The number of amides is 5. The van der Waals surface area contributed by atoms with Gasteiger partial charge in [-0.3, -0.25) is 24.2 Å². The Morgan fingerprint density at radius 2 is 1.62 bits per heavy atom. The molecule has 16 heavy (non-hydrogen) atoms. The number of hydrogen-bond donors (Lipinski definition) is 1. The summed E-state index contributed by atoms with van der Waals surface area (Å²) < 4.78 is 0. The summed E-state index contributed by atoms with van der Waals surface area (Å²) in [6.45, 7) is 1.99. The number of barbiturate groups is 1. The molecule has 0 aliphatic carbocycles. The molecule has 0 aromatic carbocycles. The molecular weight excluding hydrogens is 214 g/mol. The van der Waals surface area contributed by atoms with E-state index in [-0.39, 0.29) is 0 Å². The van der Waals surface area contributed by atoms with Crippen LogP contribution >= 0.6 is 0 Å². The first-order valence-corrected chi connectivity index (χ1v) is 4.78. The summed E-state index contributed by atoms with van der Waals surface area (Å²) in [5, 5.41) is 2.39. The average Bonchev–Trinajstić information content (AvgIpc) is 2.24. The largest absolute Gasteiger partial charge is 0.355 e. The standard InChI is InChI=1S/C9H13N3O4/c1-4-10-6(13)5-7(14)11(2)9(16)12(3)8(5)15/h5H,4H2,1-3H3,(H,10,13). The minimum Gasteiger partial charge on any atom is -0.355 e. The molecule has 0 aromatic rings. The summed E-state index contributed by atoms with van der Waals surface area (Å²) in [5.74, 6) is -3.71. The van der Waals surface area contributed by atoms with Crippen LogP contribution in [0.4, 0.5) is 4.79 Å². The molecule has 7 nitrogen and oxygen atoms in total. The second-order valence-corrected chi connectivity index (χ2v) is 3.40. The summed E-state index contributed by atoms with van der Waals surface area (Å²) >= 11 is 0. The van der Waals surface area contributed by atoms with Crippen molar-refractivity contribution in [3.8, 4) is 0 Å². The van der Waals surface area contributed by atoms with E-state index in [2.05, 4.69) is 5.32 Å². The third kappa shape index (κ3) is 1.75. The zero-order valence-corrected chi connectivity index (χ0v) is 9.31. The molecule has 0 spiro atoms. The van der Waals surface area contributed by atoms with E-state index in [4.69, 9.17) is 0 Å². The van der Waals surface area contributed by atoms with Crippen molar-refractivity contribution < 1.29 is 19.2 Å². The average molecular weight is 227 g/mol. The molecule has 1 rings (SSSR count). The number of urea groups is 1. The zero-order chi connectivity index (χ0) is 12.5. The minimum absolute atomic E-state index is 0.317. The van der Waals surface area contributed by atoms with Crippen molar-refractivity contribution in [3.63, 3.8) is 0 Å². The van der Waals surface area contributed by atoms with Gasteiger partial charge in [0.25, 0.3) is 11.8 Å². The van der Waals surface area contributed by atoms with Gasteiger partial charge in [0, 0.05) is 20.6 Å². The molecule has 1 saturated heterocycles. The molecular formula is C9H13N3O4. The van der Waals surface area contributed by atoms with Crippen molar-refractivity contribution in [2.45, 2.75) is 6.92 Å². The van der Waals surface area contributed by atoms with E-state index in [1.54, 1.807) is 6.92 Å². The Morgan fingerprint density at radius 3 is 2.00 bits per heavy atom. The first-order valence-electron chi connectivity index (χ1n) is 4.78. The van der Waals surface area contributed by atoms with Crippen LogP contribution in [0.1, 0.15) is 6.92 Å². The van der Waals surface area contributed by atoms with Crippen molar-refractivity contribution in [2.24, 2.45) is 5.92 Å². The van der Waals surface area contributed by atoms with E-state index < -0.39 is 29.7 Å². The third-order valence-corrected chi connectivity index (χ3v) is 2.34.